The minimum absolute atomic E-state index is 0.494. The zero-order chi connectivity index (χ0) is 41.7. The van der Waals surface area contributed by atoms with E-state index in [4.69, 9.17) is 27.7 Å². The van der Waals surface area contributed by atoms with Gasteiger partial charge in [-0.25, -0.2) is 0 Å². The normalized spacial score (nSPS) is 16.6. The van der Waals surface area contributed by atoms with E-state index in [1.165, 1.54) is 72.3 Å². The second-order valence-electron chi connectivity index (χ2n) is 16.2. The van der Waals surface area contributed by atoms with Crippen molar-refractivity contribution in [2.75, 3.05) is 22.9 Å². The number of aryl methyl sites for hydroxylation is 6. The third-order valence-corrected chi connectivity index (χ3v) is 16.4. The predicted octanol–water partition coefficient (Wildman–Crippen LogP) is 13.0. The minimum Gasteiger partial charge on any atom is -0.340 e. The summed E-state index contributed by atoms with van der Waals surface area (Å²) < 4.78 is 8.20. The Kier molecular flexibility index (Phi) is 10.9. The van der Waals surface area contributed by atoms with Crippen molar-refractivity contribution in [3.8, 4) is 0 Å². The Morgan fingerprint density at radius 3 is 1.52 bits per heavy atom. The monoisotopic (exact) mass is 842 g/mol. The molecule has 3 nitrogen and oxygen atoms in total. The summed E-state index contributed by atoms with van der Waals surface area (Å²) in [4.78, 5) is 4.94. The minimum atomic E-state index is -2.97. The molecule has 0 N–H and O–H groups in total. The van der Waals surface area contributed by atoms with Crippen LogP contribution in [0.15, 0.2) is 179 Å². The summed E-state index contributed by atoms with van der Waals surface area (Å²) in [6.07, 6.45) is 5.86. The summed E-state index contributed by atoms with van der Waals surface area (Å²) in [6, 6.07) is 50.2. The van der Waals surface area contributed by atoms with Crippen LogP contribution in [0.4, 0.5) is 11.4 Å². The molecule has 0 amide bonds. The maximum Gasteiger partial charge on any atom is 0.121 e. The van der Waals surface area contributed by atoms with Crippen molar-refractivity contribution in [2.45, 2.75) is 47.6 Å². The smallest absolute Gasteiger partial charge is 0.121 e. The topological polar surface area (TPSA) is 15.7 Å². The quantitative estimate of drug-likeness (QED) is 0.149. The Labute approximate surface area is 365 Å². The first-order valence-corrected chi connectivity index (χ1v) is 23.1. The van der Waals surface area contributed by atoms with Gasteiger partial charge >= 0.3 is 0 Å². The number of anilines is 2. The lowest BCUT2D eigenvalue weighted by Crippen LogP contribution is -2.33. The molecular weight excluding hydrogens is 794 g/mol. The van der Waals surface area contributed by atoms with Crippen LogP contribution < -0.4 is 20.4 Å². The molecule has 2 aliphatic carbocycles. The van der Waals surface area contributed by atoms with Crippen LogP contribution in [0, 0.1) is 41.5 Å². The van der Waals surface area contributed by atoms with Gasteiger partial charge in [0.1, 0.15) is 11.9 Å². The first-order valence-electron chi connectivity index (χ1n) is 20.7. The number of benzene rings is 6. The molecule has 1 atom stereocenters. The maximum atomic E-state index is 8.20. The van der Waals surface area contributed by atoms with Crippen LogP contribution in [0.1, 0.15) is 50.1 Å². The van der Waals surface area contributed by atoms with Crippen LogP contribution in [-0.2, 0) is 4.52 Å². The molecule has 6 aromatic carbocycles. The molecule has 300 valence electrons. The fourth-order valence-corrected chi connectivity index (χ4v) is 14.0. The van der Waals surface area contributed by atoms with Gasteiger partial charge in [-0.3, -0.25) is 0 Å². The maximum absolute atomic E-state index is 8.20. The van der Waals surface area contributed by atoms with Crippen LogP contribution in [0.2, 0.25) is 0 Å². The van der Waals surface area contributed by atoms with Gasteiger partial charge in [0.25, 0.3) is 0 Å². The van der Waals surface area contributed by atoms with Crippen LogP contribution >= 0.6 is 30.3 Å². The van der Waals surface area contributed by atoms with E-state index in [0.717, 1.165) is 35.1 Å². The highest BCUT2D eigenvalue weighted by atomic mass is 35.5. The lowest BCUT2D eigenvalue weighted by atomic mass is 9.99. The first kappa shape index (κ1) is 40.1. The van der Waals surface area contributed by atoms with Gasteiger partial charge in [0, 0.05) is 45.9 Å². The molecule has 9 rings (SSSR count). The van der Waals surface area contributed by atoms with E-state index in [-0.39, 0.29) is 0 Å². The van der Waals surface area contributed by atoms with E-state index < -0.39 is 13.2 Å². The molecule has 1 aliphatic heterocycles. The highest BCUT2D eigenvalue weighted by Crippen LogP contribution is 2.56. The van der Waals surface area contributed by atoms with Crippen LogP contribution in [0.25, 0.3) is 5.57 Å². The van der Waals surface area contributed by atoms with Crippen molar-refractivity contribution in [1.29, 1.82) is 0 Å². The van der Waals surface area contributed by atoms with E-state index >= 15 is 0 Å². The summed E-state index contributed by atoms with van der Waals surface area (Å²) in [5.74, 6) is 0.995. The number of rotatable bonds is 7. The molecule has 6 aromatic rings. The zero-order valence-corrected chi connectivity index (χ0v) is 37.4. The number of hydrogen-bond acceptors (Lipinski definition) is 3. The number of nitrogens with zero attached hydrogens (tertiary/aromatic N) is 2. The summed E-state index contributed by atoms with van der Waals surface area (Å²) in [5.41, 5.74) is 15.3. The number of fused-ring (bicyclic) bond motifs is 1. The van der Waals surface area contributed by atoms with Gasteiger partial charge in [0.15, 0.2) is 0 Å². The van der Waals surface area contributed by atoms with Gasteiger partial charge < -0.3 is 14.3 Å². The second-order valence-corrected chi connectivity index (χ2v) is 19.9. The molecule has 1 heterocycles. The molecule has 1 saturated heterocycles. The fourth-order valence-electron chi connectivity index (χ4n) is 9.79. The predicted molar refractivity (Wildman–Crippen MR) is 259 cm³/mol. The molecule has 0 bridgehead atoms. The fraction of sp³-hybridized carbons (Fsp3) is 0.167. The van der Waals surface area contributed by atoms with Gasteiger partial charge in [0.05, 0.1) is 17.2 Å². The van der Waals surface area contributed by atoms with E-state index in [9.17, 15) is 0 Å². The molecule has 1 unspecified atom stereocenters. The average Bonchev–Trinajstić information content (AvgIpc) is 3.84. The van der Waals surface area contributed by atoms with Gasteiger partial charge in [0.2, 0.25) is 0 Å². The molecule has 0 aromatic heterocycles. The summed E-state index contributed by atoms with van der Waals surface area (Å²) >= 11 is 14.9. The SMILES string of the molecule is Cc1cc(C)c(N2CCN(c3c(C)cc(C)cc3C)C2=C2C(Cl)=C(Cl)C=CC2OP(=C2C=C(c3ccccc3)c3ccccc32)(c2ccccc2)c2ccccc2)c(C)c1. The second kappa shape index (κ2) is 16.3. The van der Waals surface area contributed by atoms with Crippen molar-refractivity contribution in [1.82, 2.24) is 0 Å². The molecular formula is C54H49Cl2N2OP. The molecule has 1 fully saturated rings. The van der Waals surface area contributed by atoms with Crippen LogP contribution in [0.3, 0.4) is 0 Å². The number of halogens is 2. The number of hydrogen-bond donors (Lipinski definition) is 0. The van der Waals surface area contributed by atoms with E-state index in [2.05, 4.69) is 203 Å². The van der Waals surface area contributed by atoms with Crippen LogP contribution in [0.5, 0.6) is 0 Å². The Hall–Kier alpha value is -5.28. The van der Waals surface area contributed by atoms with E-state index in [1.807, 2.05) is 6.08 Å². The van der Waals surface area contributed by atoms with Gasteiger partial charge in [-0.15, -0.1) is 0 Å². The molecule has 6 heteroatoms. The van der Waals surface area contributed by atoms with E-state index in [0.29, 0.717) is 10.1 Å². The summed E-state index contributed by atoms with van der Waals surface area (Å²) in [5, 5.41) is 4.40. The van der Waals surface area contributed by atoms with Gasteiger partial charge in [-0.2, -0.15) is 0 Å². The zero-order valence-electron chi connectivity index (χ0n) is 35.0. The Morgan fingerprint density at radius 1 is 0.567 bits per heavy atom. The molecule has 3 aliphatic rings. The molecule has 60 heavy (non-hydrogen) atoms. The standard InChI is InChI=1S/C54H49Cl2N2OP/c1-35-30-37(3)52(38(4)31-35)57-28-29-58(53-39(5)32-36(2)33-40(53)6)54(57)50-48(27-26-47(55)51(50)56)59-60(42-20-12-8-13-21-42,43-22-14-9-15-23-43)49-34-46(41-18-10-7-11-19-41)44-24-16-17-25-45(44)49/h7-27,30-34,48H,28-29H2,1-6H3. The third kappa shape index (κ3) is 6.92. The largest absolute Gasteiger partial charge is 0.340 e. The molecule has 0 saturated carbocycles. The Balaban J connectivity index is 1.38. The van der Waals surface area contributed by atoms with Crippen molar-refractivity contribution >= 4 is 63.2 Å². The highest BCUT2D eigenvalue weighted by Gasteiger charge is 2.42. The van der Waals surface area contributed by atoms with Crippen molar-refractivity contribution < 1.29 is 4.52 Å². The average molecular weight is 844 g/mol. The third-order valence-electron chi connectivity index (χ3n) is 12.0. The lowest BCUT2D eigenvalue weighted by molar-refractivity contribution is 0.323. The van der Waals surface area contributed by atoms with Crippen LogP contribution in [-0.4, -0.2) is 24.5 Å². The first-order chi connectivity index (χ1) is 29.1. The lowest BCUT2D eigenvalue weighted by Gasteiger charge is -2.38. The highest BCUT2D eigenvalue weighted by molar-refractivity contribution is 7.86. The molecule has 0 radical (unpaired) electrons. The van der Waals surface area contributed by atoms with Crippen molar-refractivity contribution in [3.63, 3.8) is 0 Å². The van der Waals surface area contributed by atoms with Gasteiger partial charge in [-0.05, 0) is 104 Å². The van der Waals surface area contributed by atoms with Crippen molar-refractivity contribution in [3.05, 3.63) is 229 Å². The van der Waals surface area contributed by atoms with Crippen molar-refractivity contribution in [2.24, 2.45) is 0 Å². The Morgan fingerprint density at radius 2 is 1.02 bits per heavy atom. The van der Waals surface area contributed by atoms with Gasteiger partial charge in [-0.1, -0.05) is 174 Å². The summed E-state index contributed by atoms with van der Waals surface area (Å²) in [7, 11) is -2.97. The number of allylic oxidation sites excluding steroid dienone is 3. The van der Waals surface area contributed by atoms with E-state index in [1.54, 1.807) is 0 Å². The summed E-state index contributed by atoms with van der Waals surface area (Å²) in [6.45, 7) is 14.7. The molecule has 0 spiro atoms. The Bertz CT molecular complexity index is 2680.